The van der Waals surface area contributed by atoms with Gasteiger partial charge < -0.3 is 21.9 Å². The monoisotopic (exact) mass is 217 g/mol. The van der Waals surface area contributed by atoms with E-state index in [2.05, 4.69) is 5.32 Å². The number of carboxylic acid groups (broad SMARTS) is 1. The second-order valence-electron chi connectivity index (χ2n) is 3.07. The van der Waals surface area contributed by atoms with Crippen LogP contribution >= 0.6 is 0 Å². The van der Waals surface area contributed by atoms with E-state index in [4.69, 9.17) is 16.6 Å². The third kappa shape index (κ3) is 7.44. The predicted molar refractivity (Wildman–Crippen MR) is 51.7 cm³/mol. The summed E-state index contributed by atoms with van der Waals surface area (Å²) in [6.45, 7) is -0.120. The number of hydrogen-bond donors (Lipinski definition) is 4. The lowest BCUT2D eigenvalue weighted by Crippen LogP contribution is -2.42. The third-order valence-corrected chi connectivity index (χ3v) is 1.66. The van der Waals surface area contributed by atoms with Crippen LogP contribution in [-0.2, 0) is 14.4 Å². The molecule has 0 saturated carbocycles. The van der Waals surface area contributed by atoms with Crippen LogP contribution in [0.25, 0.3) is 0 Å². The number of carbonyl (C=O) groups is 3. The Hall–Kier alpha value is -1.63. The highest BCUT2D eigenvalue weighted by atomic mass is 16.4. The van der Waals surface area contributed by atoms with Crippen LogP contribution in [0.4, 0.5) is 0 Å². The first-order valence-corrected chi connectivity index (χ1v) is 4.47. The molecule has 0 aromatic rings. The Labute approximate surface area is 86.8 Å². The van der Waals surface area contributed by atoms with Crippen LogP contribution in [0.2, 0.25) is 0 Å². The van der Waals surface area contributed by atoms with Gasteiger partial charge in [-0.25, -0.2) is 0 Å². The molecule has 2 amide bonds. The Morgan fingerprint density at radius 1 is 1.27 bits per heavy atom. The quantitative estimate of drug-likeness (QED) is 0.397. The van der Waals surface area contributed by atoms with Crippen molar-refractivity contribution in [3.63, 3.8) is 0 Å². The van der Waals surface area contributed by atoms with Gasteiger partial charge in [0.25, 0.3) is 0 Å². The van der Waals surface area contributed by atoms with Crippen LogP contribution < -0.4 is 16.8 Å². The minimum atomic E-state index is -1.17. The Kier molecular flexibility index (Phi) is 6.03. The number of carboxylic acids is 1. The number of primary amides is 1. The van der Waals surface area contributed by atoms with Crippen molar-refractivity contribution in [2.45, 2.75) is 25.3 Å². The zero-order valence-corrected chi connectivity index (χ0v) is 8.23. The Morgan fingerprint density at radius 2 is 1.87 bits per heavy atom. The topological polar surface area (TPSA) is 136 Å². The van der Waals surface area contributed by atoms with Crippen molar-refractivity contribution in [3.8, 4) is 0 Å². The van der Waals surface area contributed by atoms with Crippen LogP contribution in [0.3, 0.4) is 0 Å². The SMILES string of the molecule is NC(=O)CCCC(=O)NC[C@H](N)C(=O)O. The maximum atomic E-state index is 11.0. The molecule has 0 aromatic carbocycles. The Balaban J connectivity index is 3.57. The van der Waals surface area contributed by atoms with E-state index in [-0.39, 0.29) is 25.3 Å². The number of nitrogens with one attached hydrogen (secondary N) is 1. The lowest BCUT2D eigenvalue weighted by atomic mass is 10.2. The van der Waals surface area contributed by atoms with E-state index < -0.39 is 17.9 Å². The number of nitrogens with two attached hydrogens (primary N) is 2. The molecule has 0 saturated heterocycles. The molecule has 0 aliphatic carbocycles. The highest BCUT2D eigenvalue weighted by Crippen LogP contribution is 1.93. The zero-order valence-electron chi connectivity index (χ0n) is 8.23. The molecule has 7 heteroatoms. The smallest absolute Gasteiger partial charge is 0.322 e. The summed E-state index contributed by atoms with van der Waals surface area (Å²) in [5, 5.41) is 10.7. The van der Waals surface area contributed by atoms with Gasteiger partial charge >= 0.3 is 5.97 Å². The van der Waals surface area contributed by atoms with Gasteiger partial charge in [0.2, 0.25) is 11.8 Å². The van der Waals surface area contributed by atoms with E-state index in [1.54, 1.807) is 0 Å². The largest absolute Gasteiger partial charge is 0.480 e. The molecule has 0 radical (unpaired) electrons. The van der Waals surface area contributed by atoms with Crippen LogP contribution in [-0.4, -0.2) is 35.5 Å². The van der Waals surface area contributed by atoms with Crippen LogP contribution in [0.5, 0.6) is 0 Å². The molecule has 0 aliphatic rings. The van der Waals surface area contributed by atoms with E-state index in [0.717, 1.165) is 0 Å². The van der Waals surface area contributed by atoms with Crippen LogP contribution in [0.1, 0.15) is 19.3 Å². The summed E-state index contributed by atoms with van der Waals surface area (Å²) in [6, 6.07) is -1.11. The lowest BCUT2D eigenvalue weighted by Gasteiger charge is -2.07. The molecular weight excluding hydrogens is 202 g/mol. The number of hydrogen-bond acceptors (Lipinski definition) is 4. The maximum absolute atomic E-state index is 11.0. The van der Waals surface area contributed by atoms with Crippen molar-refractivity contribution in [2.75, 3.05) is 6.54 Å². The highest BCUT2D eigenvalue weighted by molar-refractivity contribution is 5.79. The van der Waals surface area contributed by atoms with Crippen molar-refractivity contribution in [3.05, 3.63) is 0 Å². The van der Waals surface area contributed by atoms with Crippen molar-refractivity contribution >= 4 is 17.8 Å². The number of amides is 2. The van der Waals surface area contributed by atoms with Gasteiger partial charge in [0.05, 0.1) is 0 Å². The first-order valence-electron chi connectivity index (χ1n) is 4.47. The molecule has 86 valence electrons. The summed E-state index contributed by atoms with van der Waals surface area (Å²) in [5.74, 6) is -1.98. The van der Waals surface area contributed by atoms with Gasteiger partial charge in [-0.05, 0) is 6.42 Å². The molecule has 0 rings (SSSR count). The van der Waals surface area contributed by atoms with Crippen LogP contribution in [0.15, 0.2) is 0 Å². The normalized spacial score (nSPS) is 11.8. The summed E-state index contributed by atoms with van der Waals surface area (Å²) in [4.78, 5) is 31.6. The number of rotatable bonds is 7. The van der Waals surface area contributed by atoms with Gasteiger partial charge in [-0.15, -0.1) is 0 Å². The van der Waals surface area contributed by atoms with Gasteiger partial charge in [0, 0.05) is 19.4 Å². The number of carbonyl (C=O) groups excluding carboxylic acids is 2. The molecular formula is C8H15N3O4. The average Bonchev–Trinajstić information content (AvgIpc) is 2.13. The van der Waals surface area contributed by atoms with E-state index >= 15 is 0 Å². The van der Waals surface area contributed by atoms with Gasteiger partial charge in [-0.1, -0.05) is 0 Å². The van der Waals surface area contributed by atoms with Gasteiger partial charge in [0.1, 0.15) is 6.04 Å². The molecule has 6 N–H and O–H groups in total. The first-order chi connectivity index (χ1) is 6.93. The van der Waals surface area contributed by atoms with E-state index in [9.17, 15) is 14.4 Å². The highest BCUT2D eigenvalue weighted by Gasteiger charge is 2.12. The van der Waals surface area contributed by atoms with Crippen molar-refractivity contribution < 1.29 is 19.5 Å². The molecule has 0 aliphatic heterocycles. The summed E-state index contributed by atoms with van der Waals surface area (Å²) >= 11 is 0. The minimum Gasteiger partial charge on any atom is -0.480 e. The van der Waals surface area contributed by atoms with Gasteiger partial charge in [0.15, 0.2) is 0 Å². The fourth-order valence-electron chi connectivity index (χ4n) is 0.823. The maximum Gasteiger partial charge on any atom is 0.322 e. The predicted octanol–water partition coefficient (Wildman–Crippen LogP) is -1.83. The second kappa shape index (κ2) is 6.77. The standard InChI is InChI=1S/C8H15N3O4/c9-5(8(14)15)4-11-7(13)3-1-2-6(10)12/h5H,1-4,9H2,(H2,10,12)(H,11,13)(H,14,15)/t5-/m0/s1. The molecule has 0 fully saturated rings. The summed E-state index contributed by atoms with van der Waals surface area (Å²) in [6.07, 6.45) is 0.622. The zero-order chi connectivity index (χ0) is 11.8. The summed E-state index contributed by atoms with van der Waals surface area (Å²) < 4.78 is 0. The molecule has 15 heavy (non-hydrogen) atoms. The summed E-state index contributed by atoms with van der Waals surface area (Å²) in [5.41, 5.74) is 10.0. The second-order valence-corrected chi connectivity index (χ2v) is 3.07. The Morgan fingerprint density at radius 3 is 2.33 bits per heavy atom. The van der Waals surface area contributed by atoms with Crippen molar-refractivity contribution in [1.82, 2.24) is 5.32 Å². The molecule has 0 spiro atoms. The first kappa shape index (κ1) is 13.4. The van der Waals surface area contributed by atoms with Crippen molar-refractivity contribution in [1.29, 1.82) is 0 Å². The molecule has 0 unspecified atom stereocenters. The molecule has 7 nitrogen and oxygen atoms in total. The van der Waals surface area contributed by atoms with Gasteiger partial charge in [-0.3, -0.25) is 14.4 Å². The summed E-state index contributed by atoms with van der Waals surface area (Å²) in [7, 11) is 0. The van der Waals surface area contributed by atoms with E-state index in [1.807, 2.05) is 0 Å². The van der Waals surface area contributed by atoms with Gasteiger partial charge in [-0.2, -0.15) is 0 Å². The molecule has 0 aromatic heterocycles. The van der Waals surface area contributed by atoms with Crippen LogP contribution in [0, 0.1) is 0 Å². The van der Waals surface area contributed by atoms with E-state index in [1.165, 1.54) is 0 Å². The molecule has 1 atom stereocenters. The molecule has 0 heterocycles. The third-order valence-electron chi connectivity index (χ3n) is 1.66. The van der Waals surface area contributed by atoms with E-state index in [0.29, 0.717) is 6.42 Å². The Bertz CT molecular complexity index is 254. The van der Waals surface area contributed by atoms with Crippen molar-refractivity contribution in [2.24, 2.45) is 11.5 Å². The lowest BCUT2D eigenvalue weighted by molar-refractivity contribution is -0.138. The number of aliphatic carboxylic acids is 1. The molecule has 0 bridgehead atoms. The average molecular weight is 217 g/mol. The minimum absolute atomic E-state index is 0.120. The fraction of sp³-hybridized carbons (Fsp3) is 0.625. The fourth-order valence-corrected chi connectivity index (χ4v) is 0.823.